The number of rotatable bonds is 11. The Hall–Kier alpha value is -3.79. The topological polar surface area (TPSA) is 96.1 Å². The molecule has 1 unspecified atom stereocenters. The normalized spacial score (nSPS) is 15.7. The van der Waals surface area contributed by atoms with Gasteiger partial charge in [-0.25, -0.2) is 9.38 Å². The quantitative estimate of drug-likeness (QED) is 0.122. The van der Waals surface area contributed by atoms with Gasteiger partial charge in [-0.3, -0.25) is 14.7 Å². The molecule has 0 bridgehead atoms. The zero-order chi connectivity index (χ0) is 30.8. The number of fused-ring (bicyclic) bond motifs is 1. The molecule has 0 amide bonds. The van der Waals surface area contributed by atoms with E-state index in [2.05, 4.69) is 39.2 Å². The summed E-state index contributed by atoms with van der Waals surface area (Å²) in [6.07, 6.45) is 9.71. The second-order valence-electron chi connectivity index (χ2n) is 10.4. The number of carbonyl (C=O) groups excluding carboxylic acids is 1. The Bertz CT molecular complexity index is 1500. The number of amidine groups is 1. The Balaban J connectivity index is 1.59. The number of carbonyl (C=O) groups is 1. The van der Waals surface area contributed by atoms with Gasteiger partial charge in [0.05, 0.1) is 23.3 Å². The van der Waals surface area contributed by atoms with Crippen LogP contribution in [0.5, 0.6) is 0 Å². The molecule has 8 nitrogen and oxygen atoms in total. The summed E-state index contributed by atoms with van der Waals surface area (Å²) >= 11 is 6.59. The summed E-state index contributed by atoms with van der Waals surface area (Å²) in [7, 11) is 1.39. The third kappa shape index (κ3) is 8.19. The smallest absolute Gasteiger partial charge is 0.324 e. The third-order valence-electron chi connectivity index (χ3n) is 7.62. The van der Waals surface area contributed by atoms with Crippen molar-refractivity contribution < 1.29 is 13.9 Å². The molecule has 4 rings (SSSR count). The average molecular weight is 607 g/mol. The van der Waals surface area contributed by atoms with Crippen molar-refractivity contribution in [1.82, 2.24) is 14.8 Å². The summed E-state index contributed by atoms with van der Waals surface area (Å²) in [4.78, 5) is 25.7. The van der Waals surface area contributed by atoms with Gasteiger partial charge in [-0.2, -0.15) is 0 Å². The number of nitrogens with two attached hydrogens (primary N) is 1. The number of aromatic nitrogens is 1. The van der Waals surface area contributed by atoms with Crippen LogP contribution in [0, 0.1) is 5.82 Å². The van der Waals surface area contributed by atoms with Crippen molar-refractivity contribution in [3.63, 3.8) is 0 Å². The lowest BCUT2D eigenvalue weighted by atomic mass is 10.0. The lowest BCUT2D eigenvalue weighted by molar-refractivity contribution is -0.147. The van der Waals surface area contributed by atoms with Gasteiger partial charge in [-0.15, -0.1) is 0 Å². The highest BCUT2D eigenvalue weighted by Crippen LogP contribution is 2.33. The summed E-state index contributed by atoms with van der Waals surface area (Å²) in [5, 5.41) is 4.63. The number of nitrogens with one attached hydrogen (secondary N) is 1. The Morgan fingerprint density at radius 1 is 1.23 bits per heavy atom. The lowest BCUT2D eigenvalue weighted by Crippen LogP contribution is -2.56. The van der Waals surface area contributed by atoms with Crippen LogP contribution in [0.4, 0.5) is 10.1 Å². The maximum Gasteiger partial charge on any atom is 0.324 e. The molecular weight excluding hydrogens is 567 g/mol. The van der Waals surface area contributed by atoms with Crippen LogP contribution in [0.2, 0.25) is 5.02 Å². The molecular formula is C33H40ClFN6O2. The van der Waals surface area contributed by atoms with Gasteiger partial charge >= 0.3 is 5.97 Å². The molecule has 1 fully saturated rings. The molecule has 0 spiro atoms. The Morgan fingerprint density at radius 3 is 2.70 bits per heavy atom. The number of ether oxygens (including phenoxy) is 1. The van der Waals surface area contributed by atoms with Crippen LogP contribution in [0.1, 0.15) is 37.8 Å². The van der Waals surface area contributed by atoms with Crippen LogP contribution in [-0.2, 0) is 16.1 Å². The second-order valence-corrected chi connectivity index (χ2v) is 10.8. The number of anilines is 1. The van der Waals surface area contributed by atoms with Gasteiger partial charge in [0.15, 0.2) is 0 Å². The molecule has 1 aliphatic rings. The monoisotopic (exact) mass is 606 g/mol. The van der Waals surface area contributed by atoms with E-state index in [4.69, 9.17) is 27.1 Å². The molecule has 1 aliphatic heterocycles. The molecule has 10 heteroatoms. The van der Waals surface area contributed by atoms with E-state index in [0.29, 0.717) is 29.4 Å². The van der Waals surface area contributed by atoms with Crippen molar-refractivity contribution in [2.45, 2.75) is 39.3 Å². The Labute approximate surface area is 258 Å². The van der Waals surface area contributed by atoms with Gasteiger partial charge < -0.3 is 20.7 Å². The number of pyridine rings is 1. The Kier molecular flexibility index (Phi) is 11.7. The maximum absolute atomic E-state index is 14.3. The number of nitrogens with zero attached hydrogens (tertiary/aromatic N) is 4. The number of benzene rings is 2. The molecule has 0 aliphatic carbocycles. The largest absolute Gasteiger partial charge is 0.468 e. The molecule has 1 saturated heterocycles. The summed E-state index contributed by atoms with van der Waals surface area (Å²) in [5.41, 5.74) is 9.78. The van der Waals surface area contributed by atoms with Gasteiger partial charge in [-0.05, 0) is 42.7 Å². The number of halogens is 2. The fourth-order valence-electron chi connectivity index (χ4n) is 5.08. The molecule has 1 aromatic heterocycles. The van der Waals surface area contributed by atoms with Crippen molar-refractivity contribution in [1.29, 1.82) is 0 Å². The number of hydrogen-bond donors (Lipinski definition) is 2. The van der Waals surface area contributed by atoms with Crippen molar-refractivity contribution in [3.8, 4) is 0 Å². The van der Waals surface area contributed by atoms with Crippen LogP contribution in [0.25, 0.3) is 16.5 Å². The fraction of sp³-hybridized carbons (Fsp3) is 0.364. The molecule has 2 aromatic carbocycles. The number of allylic oxidation sites excluding steroid dienone is 3. The van der Waals surface area contributed by atoms with Crippen molar-refractivity contribution in [3.05, 3.63) is 89.0 Å². The van der Waals surface area contributed by atoms with Gasteiger partial charge in [0.2, 0.25) is 0 Å². The number of unbranched alkanes of at least 4 members (excludes halogenated alkanes) is 1. The minimum Gasteiger partial charge on any atom is -0.468 e. The first-order valence-corrected chi connectivity index (χ1v) is 15.0. The van der Waals surface area contributed by atoms with Crippen LogP contribution >= 0.6 is 11.6 Å². The molecule has 0 radical (unpaired) electrons. The predicted octanol–water partition coefficient (Wildman–Crippen LogP) is 5.87. The van der Waals surface area contributed by atoms with Gasteiger partial charge in [0.25, 0.3) is 0 Å². The molecule has 43 heavy (non-hydrogen) atoms. The SMILES string of the molecule is CCC/C=C/C(=C\N=C(C)N1CCN(C(CN)C(=O)OC)CC1)c1ccc2ncc(Cl)c(NCc3ccccc3F)c2c1. The highest BCUT2D eigenvalue weighted by atomic mass is 35.5. The predicted molar refractivity (Wildman–Crippen MR) is 174 cm³/mol. The van der Waals surface area contributed by atoms with E-state index >= 15 is 0 Å². The van der Waals surface area contributed by atoms with E-state index in [1.165, 1.54) is 13.2 Å². The Morgan fingerprint density at radius 2 is 2.00 bits per heavy atom. The van der Waals surface area contributed by atoms with E-state index in [9.17, 15) is 9.18 Å². The molecule has 2 heterocycles. The first-order valence-electron chi connectivity index (χ1n) is 14.6. The highest BCUT2D eigenvalue weighted by Gasteiger charge is 2.28. The van der Waals surface area contributed by atoms with Crippen molar-refractivity contribution in [2.75, 3.05) is 45.2 Å². The number of methoxy groups -OCH3 is 1. The van der Waals surface area contributed by atoms with Gasteiger partial charge in [0, 0.05) is 62.6 Å². The lowest BCUT2D eigenvalue weighted by Gasteiger charge is -2.38. The fourth-order valence-corrected chi connectivity index (χ4v) is 5.29. The molecule has 228 valence electrons. The minimum absolute atomic E-state index is 0.225. The maximum atomic E-state index is 14.3. The van der Waals surface area contributed by atoms with Crippen LogP contribution < -0.4 is 11.1 Å². The highest BCUT2D eigenvalue weighted by molar-refractivity contribution is 6.34. The molecule has 3 N–H and O–H groups in total. The van der Waals surface area contributed by atoms with Crippen LogP contribution in [0.15, 0.2) is 72.0 Å². The second kappa shape index (κ2) is 15.6. The minimum atomic E-state index is -0.429. The number of piperazine rings is 1. The van der Waals surface area contributed by atoms with Crippen molar-refractivity contribution in [2.24, 2.45) is 10.7 Å². The summed E-state index contributed by atoms with van der Waals surface area (Å²) in [6, 6.07) is 12.3. The first kappa shape index (κ1) is 32.1. The van der Waals surface area contributed by atoms with E-state index in [0.717, 1.165) is 53.8 Å². The van der Waals surface area contributed by atoms with Gasteiger partial charge in [0.1, 0.15) is 17.7 Å². The van der Waals surface area contributed by atoms with E-state index < -0.39 is 6.04 Å². The standard InChI is InChI=1S/C33H40ClFN6O2/c1-4-5-6-9-25(20-37-23(2)40-14-16-41(17-15-40)31(19-36)33(42)43-3)24-12-13-30-27(18-24)32(28(34)22-38-30)39-21-26-10-7-8-11-29(26)35/h6-13,18,20,22,31H,4-5,14-17,19,21,36H2,1-3H3,(H,38,39)/b9-6+,25-20+,37-23?. The molecule has 1 atom stereocenters. The number of esters is 1. The van der Waals surface area contributed by atoms with E-state index in [1.807, 2.05) is 37.4 Å². The zero-order valence-corrected chi connectivity index (χ0v) is 25.8. The molecule has 3 aromatic rings. The zero-order valence-electron chi connectivity index (χ0n) is 25.0. The van der Waals surface area contributed by atoms with Crippen LogP contribution in [-0.4, -0.2) is 72.5 Å². The third-order valence-corrected chi connectivity index (χ3v) is 7.91. The van der Waals surface area contributed by atoms with E-state index in [1.54, 1.807) is 18.3 Å². The summed E-state index contributed by atoms with van der Waals surface area (Å²) in [5.74, 6) is 0.320. The van der Waals surface area contributed by atoms with Gasteiger partial charge in [-0.1, -0.05) is 61.4 Å². The average Bonchev–Trinajstić information content (AvgIpc) is 3.03. The first-order chi connectivity index (χ1) is 20.9. The number of hydrogen-bond acceptors (Lipinski definition) is 7. The van der Waals surface area contributed by atoms with E-state index in [-0.39, 0.29) is 24.9 Å². The number of aliphatic imine (C=N–C) groups is 1. The van der Waals surface area contributed by atoms with Crippen molar-refractivity contribution >= 4 is 45.6 Å². The van der Waals surface area contributed by atoms with Crippen LogP contribution in [0.3, 0.4) is 0 Å². The molecule has 0 saturated carbocycles. The summed E-state index contributed by atoms with van der Waals surface area (Å²) in [6.45, 7) is 7.50. The summed E-state index contributed by atoms with van der Waals surface area (Å²) < 4.78 is 19.2.